The molecule has 0 spiro atoms. The van der Waals surface area contributed by atoms with E-state index in [1.54, 1.807) is 18.2 Å². The van der Waals surface area contributed by atoms with Gasteiger partial charge < -0.3 is 5.11 Å². The first kappa shape index (κ1) is 20.2. The number of aliphatic carboxylic acids is 1. The van der Waals surface area contributed by atoms with Crippen LogP contribution in [0.25, 0.3) is 5.57 Å². The minimum absolute atomic E-state index is 0.179. The molecule has 6 nitrogen and oxygen atoms in total. The third-order valence-electron chi connectivity index (χ3n) is 5.36. The zero-order valence-electron chi connectivity index (χ0n) is 16.2. The summed E-state index contributed by atoms with van der Waals surface area (Å²) < 4.78 is 0. The molecule has 4 rings (SSSR count). The van der Waals surface area contributed by atoms with Crippen LogP contribution in [0.5, 0.6) is 5.75 Å². The molecule has 0 aromatic heterocycles. The lowest BCUT2D eigenvalue weighted by atomic mass is 9.85. The third kappa shape index (κ3) is 3.97. The normalized spacial score (nSPS) is 16.5. The van der Waals surface area contributed by atoms with E-state index in [1.165, 1.54) is 5.57 Å². The van der Waals surface area contributed by atoms with Gasteiger partial charge in [-0.15, -0.1) is 0 Å². The van der Waals surface area contributed by atoms with Crippen molar-refractivity contribution in [3.8, 4) is 5.75 Å². The number of para-hydroxylation sites is 1. The molecular formula is C23H20ClNO5. The number of hydrogen-bond donors (Lipinski definition) is 1. The minimum Gasteiger partial charge on any atom is -0.478 e. The first-order chi connectivity index (χ1) is 14.4. The van der Waals surface area contributed by atoms with Crippen molar-refractivity contribution < 1.29 is 24.5 Å². The number of carboxylic acids is 1. The summed E-state index contributed by atoms with van der Waals surface area (Å²) in [5, 5.41) is 9.52. The molecule has 2 aliphatic heterocycles. The molecule has 0 unspecified atom stereocenters. The Morgan fingerprint density at radius 3 is 2.53 bits per heavy atom. The number of nitrogens with zero attached hydrogens (tertiary/aromatic N) is 1. The summed E-state index contributed by atoms with van der Waals surface area (Å²) in [4.78, 5) is 36.1. The molecule has 2 aliphatic rings. The Morgan fingerprint density at radius 1 is 1.07 bits per heavy atom. The molecule has 0 saturated carbocycles. The molecule has 0 radical (unpaired) electrons. The topological polar surface area (TPSA) is 76.1 Å². The van der Waals surface area contributed by atoms with E-state index >= 15 is 0 Å². The first-order valence-electron chi connectivity index (χ1n) is 9.57. The summed E-state index contributed by atoms with van der Waals surface area (Å²) in [6.07, 6.45) is 1.46. The molecule has 1 saturated heterocycles. The zero-order valence-corrected chi connectivity index (χ0v) is 16.9. The van der Waals surface area contributed by atoms with E-state index in [-0.39, 0.29) is 5.57 Å². The van der Waals surface area contributed by atoms with Gasteiger partial charge in [0.15, 0.2) is 5.75 Å². The number of carbonyl (C=O) groups excluding carboxylic acids is 1. The van der Waals surface area contributed by atoms with Crippen LogP contribution in [-0.4, -0.2) is 41.6 Å². The summed E-state index contributed by atoms with van der Waals surface area (Å²) in [5.41, 5.74) is 4.22. The molecule has 0 amide bonds. The molecule has 0 bridgehead atoms. The van der Waals surface area contributed by atoms with Gasteiger partial charge in [-0.05, 0) is 42.2 Å². The first-order valence-corrected chi connectivity index (χ1v) is 9.95. The van der Waals surface area contributed by atoms with Crippen LogP contribution in [0.1, 0.15) is 34.3 Å². The highest BCUT2D eigenvalue weighted by Gasteiger charge is 2.28. The van der Waals surface area contributed by atoms with E-state index in [0.29, 0.717) is 36.0 Å². The SMILES string of the molecule is C=C(CN1CCC(=C2c3ccccc3OOC(=O)c3cc(Cl)ccc32)CC1)C(=O)O. The zero-order chi connectivity index (χ0) is 21.3. The Labute approximate surface area is 178 Å². The fraction of sp³-hybridized carbons (Fsp3) is 0.217. The van der Waals surface area contributed by atoms with Gasteiger partial charge in [0.2, 0.25) is 0 Å². The van der Waals surface area contributed by atoms with Crippen LogP contribution in [0.2, 0.25) is 5.02 Å². The Kier molecular flexibility index (Phi) is 5.61. The van der Waals surface area contributed by atoms with Gasteiger partial charge in [-0.2, -0.15) is 0 Å². The molecule has 2 aromatic rings. The molecule has 0 aliphatic carbocycles. The molecule has 1 N–H and O–H groups in total. The second-order valence-corrected chi connectivity index (χ2v) is 7.74. The van der Waals surface area contributed by atoms with Crippen molar-refractivity contribution in [2.75, 3.05) is 19.6 Å². The van der Waals surface area contributed by atoms with Crippen LogP contribution >= 0.6 is 11.6 Å². The maximum Gasteiger partial charge on any atom is 0.386 e. The highest BCUT2D eigenvalue weighted by atomic mass is 35.5. The molecule has 1 fully saturated rings. The van der Waals surface area contributed by atoms with Crippen LogP contribution in [0, 0.1) is 0 Å². The lowest BCUT2D eigenvalue weighted by molar-refractivity contribution is -0.150. The number of piperidine rings is 1. The van der Waals surface area contributed by atoms with Gasteiger partial charge in [0.25, 0.3) is 0 Å². The smallest absolute Gasteiger partial charge is 0.386 e. The lowest BCUT2D eigenvalue weighted by Gasteiger charge is -2.31. The van der Waals surface area contributed by atoms with Crippen molar-refractivity contribution in [3.63, 3.8) is 0 Å². The molecule has 7 heteroatoms. The number of rotatable bonds is 3. The number of benzene rings is 2. The monoisotopic (exact) mass is 425 g/mol. The second-order valence-electron chi connectivity index (χ2n) is 7.30. The molecular weight excluding hydrogens is 406 g/mol. The summed E-state index contributed by atoms with van der Waals surface area (Å²) >= 11 is 6.14. The standard InChI is InChI=1S/C23H20ClNO5/c1-14(22(26)27)13-25-10-8-15(9-11-25)21-17-7-6-16(24)12-19(17)23(28)30-29-20-5-3-2-4-18(20)21/h2-7,12H,1,8-11,13H2,(H,26,27). The van der Waals surface area contributed by atoms with Gasteiger partial charge in [-0.3, -0.25) is 9.79 Å². The van der Waals surface area contributed by atoms with E-state index in [1.807, 2.05) is 24.3 Å². The van der Waals surface area contributed by atoms with E-state index in [4.69, 9.17) is 26.5 Å². The summed E-state index contributed by atoms with van der Waals surface area (Å²) in [5.74, 6) is -1.11. The van der Waals surface area contributed by atoms with Crippen LogP contribution in [0.3, 0.4) is 0 Å². The van der Waals surface area contributed by atoms with Crippen LogP contribution < -0.4 is 4.89 Å². The van der Waals surface area contributed by atoms with Gasteiger partial charge in [-0.25, -0.2) is 14.5 Å². The van der Waals surface area contributed by atoms with Crippen molar-refractivity contribution in [3.05, 3.63) is 81.9 Å². The number of carboxylic acid groups (broad SMARTS) is 1. The predicted octanol–water partition coefficient (Wildman–Crippen LogP) is 4.34. The average molecular weight is 426 g/mol. The Bertz CT molecular complexity index is 1070. The van der Waals surface area contributed by atoms with Crippen molar-refractivity contribution in [2.24, 2.45) is 0 Å². The number of halogens is 1. The van der Waals surface area contributed by atoms with E-state index in [0.717, 1.165) is 29.5 Å². The van der Waals surface area contributed by atoms with E-state index in [9.17, 15) is 9.59 Å². The third-order valence-corrected chi connectivity index (χ3v) is 5.60. The number of fused-ring (bicyclic) bond motifs is 2. The summed E-state index contributed by atoms with van der Waals surface area (Å²) in [7, 11) is 0. The number of likely N-dealkylation sites (tertiary alicyclic amines) is 1. The summed E-state index contributed by atoms with van der Waals surface area (Å²) in [6.45, 7) is 5.34. The van der Waals surface area contributed by atoms with Crippen molar-refractivity contribution >= 4 is 29.1 Å². The van der Waals surface area contributed by atoms with Gasteiger partial charge in [0.05, 0.1) is 5.56 Å². The molecule has 0 atom stereocenters. The molecule has 2 aromatic carbocycles. The van der Waals surface area contributed by atoms with Crippen molar-refractivity contribution in [2.45, 2.75) is 12.8 Å². The van der Waals surface area contributed by atoms with Gasteiger partial charge in [0.1, 0.15) is 0 Å². The van der Waals surface area contributed by atoms with E-state index < -0.39 is 11.9 Å². The molecule has 2 heterocycles. The Morgan fingerprint density at radius 2 is 1.80 bits per heavy atom. The summed E-state index contributed by atoms with van der Waals surface area (Å²) in [6, 6.07) is 12.6. The Balaban J connectivity index is 1.77. The van der Waals surface area contributed by atoms with Gasteiger partial charge in [-0.1, -0.05) is 48.0 Å². The largest absolute Gasteiger partial charge is 0.478 e. The highest BCUT2D eigenvalue weighted by Crippen LogP contribution is 2.40. The fourth-order valence-corrected chi connectivity index (χ4v) is 4.04. The molecule has 30 heavy (non-hydrogen) atoms. The van der Waals surface area contributed by atoms with E-state index in [2.05, 4.69) is 11.5 Å². The van der Waals surface area contributed by atoms with Crippen LogP contribution in [0.4, 0.5) is 0 Å². The maximum atomic E-state index is 12.6. The lowest BCUT2D eigenvalue weighted by Crippen LogP contribution is -2.34. The average Bonchev–Trinajstić information content (AvgIpc) is 2.74. The fourth-order valence-electron chi connectivity index (χ4n) is 3.87. The van der Waals surface area contributed by atoms with Crippen LogP contribution in [-0.2, 0) is 9.68 Å². The second kappa shape index (κ2) is 8.34. The number of hydrogen-bond acceptors (Lipinski definition) is 5. The minimum atomic E-state index is -0.977. The predicted molar refractivity (Wildman–Crippen MR) is 112 cm³/mol. The highest BCUT2D eigenvalue weighted by molar-refractivity contribution is 6.31. The molecule has 154 valence electrons. The maximum absolute atomic E-state index is 12.6. The van der Waals surface area contributed by atoms with Crippen LogP contribution in [0.15, 0.2) is 60.2 Å². The van der Waals surface area contributed by atoms with Crippen molar-refractivity contribution in [1.82, 2.24) is 4.90 Å². The number of carbonyl (C=O) groups is 2. The van der Waals surface area contributed by atoms with Gasteiger partial charge in [0, 0.05) is 35.8 Å². The van der Waals surface area contributed by atoms with Gasteiger partial charge >= 0.3 is 11.9 Å². The quantitative estimate of drug-likeness (QED) is 0.582. The Hall–Kier alpha value is -3.09. The van der Waals surface area contributed by atoms with Crippen molar-refractivity contribution in [1.29, 1.82) is 0 Å².